The molecule has 112 valence electrons. The lowest BCUT2D eigenvalue weighted by Gasteiger charge is -2.44. The minimum Gasteiger partial charge on any atom is -0.469 e. The average Bonchev–Trinajstić information content (AvgIpc) is 2.99. The molecule has 1 spiro atoms. The Labute approximate surface area is 120 Å². The molecule has 2 atom stereocenters. The van der Waals surface area contributed by atoms with E-state index in [1.165, 1.54) is 0 Å². The molecule has 2 unspecified atom stereocenters. The van der Waals surface area contributed by atoms with Crippen LogP contribution in [0.3, 0.4) is 0 Å². The summed E-state index contributed by atoms with van der Waals surface area (Å²) in [6, 6.07) is 3.86. The summed E-state index contributed by atoms with van der Waals surface area (Å²) in [7, 11) is 0. The maximum absolute atomic E-state index is 10.5. The fraction of sp³-hybridized carbons (Fsp3) is 0.750. The van der Waals surface area contributed by atoms with E-state index < -0.39 is 0 Å². The van der Waals surface area contributed by atoms with Crippen molar-refractivity contribution in [1.29, 1.82) is 0 Å². The van der Waals surface area contributed by atoms with Crippen LogP contribution in [0.5, 0.6) is 0 Å². The van der Waals surface area contributed by atoms with E-state index in [2.05, 4.69) is 0 Å². The summed E-state index contributed by atoms with van der Waals surface area (Å²) < 4.78 is 16.8. The Kier molecular flexibility index (Phi) is 4.44. The number of furan rings is 1. The fourth-order valence-electron chi connectivity index (χ4n) is 3.47. The molecule has 1 aromatic rings. The van der Waals surface area contributed by atoms with Gasteiger partial charge in [-0.05, 0) is 50.2 Å². The van der Waals surface area contributed by atoms with E-state index in [0.29, 0.717) is 5.92 Å². The van der Waals surface area contributed by atoms with Crippen molar-refractivity contribution >= 4 is 0 Å². The Morgan fingerprint density at radius 1 is 1.30 bits per heavy atom. The molecule has 4 nitrogen and oxygen atoms in total. The van der Waals surface area contributed by atoms with Crippen molar-refractivity contribution in [3.05, 3.63) is 24.2 Å². The molecule has 0 aliphatic carbocycles. The first-order chi connectivity index (χ1) is 9.77. The van der Waals surface area contributed by atoms with Gasteiger partial charge in [0.15, 0.2) is 0 Å². The zero-order valence-electron chi connectivity index (χ0n) is 11.9. The van der Waals surface area contributed by atoms with Gasteiger partial charge in [0.25, 0.3) is 0 Å². The molecule has 1 aromatic heterocycles. The van der Waals surface area contributed by atoms with Crippen molar-refractivity contribution in [2.45, 2.75) is 50.2 Å². The van der Waals surface area contributed by atoms with E-state index >= 15 is 0 Å². The quantitative estimate of drug-likeness (QED) is 0.921. The van der Waals surface area contributed by atoms with Gasteiger partial charge in [0, 0.05) is 26.2 Å². The SMILES string of the molecule is OC(CCc1ccco1)C1CCOC2(CCOCC2)C1. The highest BCUT2D eigenvalue weighted by Gasteiger charge is 2.40. The molecular weight excluding hydrogens is 256 g/mol. The summed E-state index contributed by atoms with van der Waals surface area (Å²) in [4.78, 5) is 0. The lowest BCUT2D eigenvalue weighted by atomic mass is 9.78. The van der Waals surface area contributed by atoms with E-state index in [9.17, 15) is 5.11 Å². The van der Waals surface area contributed by atoms with Gasteiger partial charge in [-0.25, -0.2) is 0 Å². The minimum absolute atomic E-state index is 0.0349. The standard InChI is InChI=1S/C16H24O4/c17-15(4-3-14-2-1-8-19-14)13-5-9-20-16(12-13)6-10-18-11-7-16/h1-2,8,13,15,17H,3-7,9-12H2. The first-order valence-corrected chi connectivity index (χ1v) is 7.70. The maximum atomic E-state index is 10.5. The van der Waals surface area contributed by atoms with Crippen molar-refractivity contribution in [2.75, 3.05) is 19.8 Å². The van der Waals surface area contributed by atoms with Crippen molar-refractivity contribution in [3.8, 4) is 0 Å². The van der Waals surface area contributed by atoms with Crippen LogP contribution in [0.4, 0.5) is 0 Å². The summed E-state index contributed by atoms with van der Waals surface area (Å²) in [5, 5.41) is 10.5. The largest absolute Gasteiger partial charge is 0.469 e. The second kappa shape index (κ2) is 6.29. The molecule has 2 fully saturated rings. The molecule has 3 rings (SSSR count). The second-order valence-corrected chi connectivity index (χ2v) is 6.08. The van der Waals surface area contributed by atoms with Crippen LogP contribution < -0.4 is 0 Å². The lowest BCUT2D eigenvalue weighted by molar-refractivity contribution is -0.158. The number of rotatable bonds is 4. The summed E-state index contributed by atoms with van der Waals surface area (Å²) in [6.07, 6.45) is 6.86. The van der Waals surface area contributed by atoms with Gasteiger partial charge in [-0.1, -0.05) is 0 Å². The topological polar surface area (TPSA) is 51.8 Å². The molecular formula is C16H24O4. The summed E-state index contributed by atoms with van der Waals surface area (Å²) in [5.74, 6) is 1.30. The monoisotopic (exact) mass is 280 g/mol. The normalized spacial score (nSPS) is 27.6. The molecule has 0 radical (unpaired) electrons. The number of aliphatic hydroxyl groups is 1. The van der Waals surface area contributed by atoms with Gasteiger partial charge >= 0.3 is 0 Å². The number of ether oxygens (including phenoxy) is 2. The number of hydrogen-bond donors (Lipinski definition) is 1. The van der Waals surface area contributed by atoms with Crippen LogP contribution in [-0.4, -0.2) is 36.6 Å². The number of aryl methyl sites for hydroxylation is 1. The Morgan fingerprint density at radius 2 is 2.15 bits per heavy atom. The summed E-state index contributed by atoms with van der Waals surface area (Å²) >= 11 is 0. The van der Waals surface area contributed by atoms with Crippen molar-refractivity contribution < 1.29 is 19.0 Å². The average molecular weight is 280 g/mol. The van der Waals surface area contributed by atoms with Crippen LogP contribution in [0, 0.1) is 5.92 Å². The van der Waals surface area contributed by atoms with E-state index in [1.54, 1.807) is 6.26 Å². The van der Waals surface area contributed by atoms with E-state index in [0.717, 1.165) is 64.1 Å². The third kappa shape index (κ3) is 3.25. The van der Waals surface area contributed by atoms with Crippen LogP contribution in [0.1, 0.15) is 37.9 Å². The van der Waals surface area contributed by atoms with Gasteiger partial charge in [-0.2, -0.15) is 0 Å². The zero-order valence-corrected chi connectivity index (χ0v) is 11.9. The third-order valence-corrected chi connectivity index (χ3v) is 4.75. The number of hydrogen-bond acceptors (Lipinski definition) is 4. The van der Waals surface area contributed by atoms with E-state index in [1.807, 2.05) is 12.1 Å². The highest BCUT2D eigenvalue weighted by molar-refractivity contribution is 4.99. The maximum Gasteiger partial charge on any atom is 0.103 e. The summed E-state index contributed by atoms with van der Waals surface area (Å²) in [5.41, 5.74) is -0.0349. The Balaban J connectivity index is 1.53. The van der Waals surface area contributed by atoms with E-state index in [4.69, 9.17) is 13.9 Å². The van der Waals surface area contributed by atoms with Gasteiger partial charge < -0.3 is 19.0 Å². The molecule has 0 bridgehead atoms. The molecule has 3 heterocycles. The summed E-state index contributed by atoms with van der Waals surface area (Å²) in [6.45, 7) is 2.34. The molecule has 0 aromatic carbocycles. The van der Waals surface area contributed by atoms with Gasteiger partial charge in [-0.3, -0.25) is 0 Å². The van der Waals surface area contributed by atoms with Gasteiger partial charge in [0.05, 0.1) is 18.0 Å². The van der Waals surface area contributed by atoms with Crippen LogP contribution in [0.25, 0.3) is 0 Å². The molecule has 4 heteroatoms. The molecule has 0 amide bonds. The minimum atomic E-state index is -0.260. The Morgan fingerprint density at radius 3 is 2.90 bits per heavy atom. The fourth-order valence-corrected chi connectivity index (χ4v) is 3.47. The van der Waals surface area contributed by atoms with Crippen molar-refractivity contribution in [2.24, 2.45) is 5.92 Å². The van der Waals surface area contributed by atoms with Crippen LogP contribution in [0.15, 0.2) is 22.8 Å². The lowest BCUT2D eigenvalue weighted by Crippen LogP contribution is -2.46. The smallest absolute Gasteiger partial charge is 0.103 e. The zero-order chi connectivity index (χ0) is 13.8. The Bertz CT molecular complexity index is 389. The molecule has 1 N–H and O–H groups in total. The molecule has 0 saturated carbocycles. The van der Waals surface area contributed by atoms with E-state index in [-0.39, 0.29) is 11.7 Å². The molecule has 20 heavy (non-hydrogen) atoms. The molecule has 2 aliphatic heterocycles. The van der Waals surface area contributed by atoms with Crippen LogP contribution in [-0.2, 0) is 15.9 Å². The third-order valence-electron chi connectivity index (χ3n) is 4.75. The van der Waals surface area contributed by atoms with Gasteiger partial charge in [0.2, 0.25) is 0 Å². The highest BCUT2D eigenvalue weighted by atomic mass is 16.5. The van der Waals surface area contributed by atoms with Crippen molar-refractivity contribution in [1.82, 2.24) is 0 Å². The van der Waals surface area contributed by atoms with Crippen LogP contribution >= 0.6 is 0 Å². The molecule has 2 aliphatic rings. The first-order valence-electron chi connectivity index (χ1n) is 7.70. The molecule has 2 saturated heterocycles. The highest BCUT2D eigenvalue weighted by Crippen LogP contribution is 2.38. The Hall–Kier alpha value is -0.840. The predicted octanol–water partition coefficient (Wildman–Crippen LogP) is 2.55. The van der Waals surface area contributed by atoms with Gasteiger partial charge in [-0.15, -0.1) is 0 Å². The first kappa shape index (κ1) is 14.1. The van der Waals surface area contributed by atoms with Crippen LogP contribution in [0.2, 0.25) is 0 Å². The van der Waals surface area contributed by atoms with Crippen molar-refractivity contribution in [3.63, 3.8) is 0 Å². The predicted molar refractivity (Wildman–Crippen MR) is 74.5 cm³/mol. The van der Waals surface area contributed by atoms with Gasteiger partial charge in [0.1, 0.15) is 5.76 Å². The second-order valence-electron chi connectivity index (χ2n) is 6.08. The number of aliphatic hydroxyl groups excluding tert-OH is 1.